The molecule has 0 saturated carbocycles. The summed E-state index contributed by atoms with van der Waals surface area (Å²) in [4.78, 5) is 2.56. The van der Waals surface area contributed by atoms with Crippen LogP contribution in [0.5, 0.6) is 0 Å². The van der Waals surface area contributed by atoms with E-state index in [-0.39, 0.29) is 5.82 Å². The number of fused-ring (bicyclic) bond motifs is 2. The van der Waals surface area contributed by atoms with E-state index in [0.29, 0.717) is 18.1 Å². The van der Waals surface area contributed by atoms with E-state index in [1.807, 2.05) is 12.1 Å². The third-order valence-corrected chi connectivity index (χ3v) is 4.54. The highest BCUT2D eigenvalue weighted by atomic mass is 19.1. The van der Waals surface area contributed by atoms with Crippen molar-refractivity contribution in [3.8, 4) is 0 Å². The third-order valence-electron chi connectivity index (χ3n) is 4.54. The van der Waals surface area contributed by atoms with Crippen molar-refractivity contribution >= 4 is 0 Å². The zero-order valence-electron chi connectivity index (χ0n) is 10.7. The van der Waals surface area contributed by atoms with Gasteiger partial charge < -0.3 is 5.73 Å². The maximum atomic E-state index is 12.9. The molecule has 0 spiro atoms. The SMILES string of the molecule is NC1CCC2CCCC1N2Cc1ccc(F)cc1. The van der Waals surface area contributed by atoms with Crippen LogP contribution in [0.1, 0.15) is 37.7 Å². The molecule has 98 valence electrons. The van der Waals surface area contributed by atoms with E-state index in [1.54, 1.807) is 12.1 Å². The highest BCUT2D eigenvalue weighted by molar-refractivity contribution is 5.16. The fourth-order valence-corrected chi connectivity index (χ4v) is 3.56. The van der Waals surface area contributed by atoms with Crippen LogP contribution < -0.4 is 5.73 Å². The van der Waals surface area contributed by atoms with Crippen LogP contribution in [0.4, 0.5) is 4.39 Å². The predicted octanol–water partition coefficient (Wildman–Crippen LogP) is 2.67. The summed E-state index contributed by atoms with van der Waals surface area (Å²) in [5.74, 6) is -0.158. The lowest BCUT2D eigenvalue weighted by Gasteiger charge is -2.49. The van der Waals surface area contributed by atoms with Crippen molar-refractivity contribution in [2.24, 2.45) is 5.73 Å². The molecule has 3 unspecified atom stereocenters. The van der Waals surface area contributed by atoms with Crippen LogP contribution in [0.15, 0.2) is 24.3 Å². The minimum Gasteiger partial charge on any atom is -0.326 e. The Morgan fingerprint density at radius 3 is 2.67 bits per heavy atom. The van der Waals surface area contributed by atoms with E-state index in [0.717, 1.165) is 13.0 Å². The molecule has 0 amide bonds. The summed E-state index contributed by atoms with van der Waals surface area (Å²) in [6.45, 7) is 0.920. The lowest BCUT2D eigenvalue weighted by atomic mass is 9.81. The molecule has 2 fully saturated rings. The molecular weight excluding hydrogens is 227 g/mol. The quantitative estimate of drug-likeness (QED) is 0.872. The number of halogens is 1. The Bertz CT molecular complexity index is 403. The number of piperidine rings is 2. The van der Waals surface area contributed by atoms with Crippen molar-refractivity contribution in [1.82, 2.24) is 4.90 Å². The second-order valence-corrected chi connectivity index (χ2v) is 5.69. The first-order valence-electron chi connectivity index (χ1n) is 7.00. The number of nitrogens with two attached hydrogens (primary N) is 1. The van der Waals surface area contributed by atoms with Gasteiger partial charge in [0, 0.05) is 24.7 Å². The van der Waals surface area contributed by atoms with Crippen molar-refractivity contribution in [3.63, 3.8) is 0 Å². The van der Waals surface area contributed by atoms with E-state index in [4.69, 9.17) is 5.73 Å². The average Bonchev–Trinajstić information content (AvgIpc) is 2.37. The molecule has 3 rings (SSSR count). The van der Waals surface area contributed by atoms with Crippen LogP contribution in [-0.2, 0) is 6.54 Å². The first-order chi connectivity index (χ1) is 8.74. The number of benzene rings is 1. The summed E-state index contributed by atoms with van der Waals surface area (Å²) in [7, 11) is 0. The summed E-state index contributed by atoms with van der Waals surface area (Å²) in [5.41, 5.74) is 7.45. The molecule has 2 aliphatic rings. The van der Waals surface area contributed by atoms with Crippen molar-refractivity contribution in [2.45, 2.75) is 56.8 Å². The van der Waals surface area contributed by atoms with Crippen LogP contribution in [0, 0.1) is 5.82 Å². The molecule has 2 saturated heterocycles. The summed E-state index contributed by atoms with van der Waals surface area (Å²) >= 11 is 0. The van der Waals surface area contributed by atoms with E-state index < -0.39 is 0 Å². The van der Waals surface area contributed by atoms with E-state index in [1.165, 1.54) is 31.2 Å². The average molecular weight is 248 g/mol. The van der Waals surface area contributed by atoms with Gasteiger partial charge in [-0.2, -0.15) is 0 Å². The van der Waals surface area contributed by atoms with E-state index in [9.17, 15) is 4.39 Å². The van der Waals surface area contributed by atoms with Gasteiger partial charge >= 0.3 is 0 Å². The van der Waals surface area contributed by atoms with Gasteiger partial charge in [0.25, 0.3) is 0 Å². The maximum Gasteiger partial charge on any atom is 0.123 e. The molecule has 2 bridgehead atoms. The first-order valence-corrected chi connectivity index (χ1v) is 7.00. The van der Waals surface area contributed by atoms with Crippen molar-refractivity contribution in [2.75, 3.05) is 0 Å². The van der Waals surface area contributed by atoms with Gasteiger partial charge in [0.2, 0.25) is 0 Å². The fourth-order valence-electron chi connectivity index (χ4n) is 3.56. The topological polar surface area (TPSA) is 29.3 Å². The highest BCUT2D eigenvalue weighted by Gasteiger charge is 2.37. The Kier molecular flexibility index (Phi) is 3.35. The maximum absolute atomic E-state index is 12.9. The predicted molar refractivity (Wildman–Crippen MR) is 70.6 cm³/mol. The van der Waals surface area contributed by atoms with Gasteiger partial charge in [-0.15, -0.1) is 0 Å². The van der Waals surface area contributed by atoms with E-state index >= 15 is 0 Å². The number of nitrogens with zero attached hydrogens (tertiary/aromatic N) is 1. The molecule has 1 aromatic carbocycles. The van der Waals surface area contributed by atoms with Gasteiger partial charge in [-0.05, 0) is 43.4 Å². The van der Waals surface area contributed by atoms with Crippen LogP contribution >= 0.6 is 0 Å². The molecule has 0 radical (unpaired) electrons. The summed E-state index contributed by atoms with van der Waals surface area (Å²) in [5, 5.41) is 0. The van der Waals surface area contributed by atoms with Gasteiger partial charge in [-0.1, -0.05) is 18.6 Å². The molecule has 2 aliphatic heterocycles. The normalized spacial score (nSPS) is 32.4. The Hall–Kier alpha value is -0.930. The van der Waals surface area contributed by atoms with Gasteiger partial charge in [-0.25, -0.2) is 4.39 Å². The Morgan fingerprint density at radius 1 is 1.11 bits per heavy atom. The number of hydrogen-bond acceptors (Lipinski definition) is 2. The van der Waals surface area contributed by atoms with Crippen LogP contribution in [0.25, 0.3) is 0 Å². The van der Waals surface area contributed by atoms with Crippen LogP contribution in [0.3, 0.4) is 0 Å². The summed E-state index contributed by atoms with van der Waals surface area (Å²) < 4.78 is 12.9. The second kappa shape index (κ2) is 4.98. The zero-order chi connectivity index (χ0) is 12.5. The first kappa shape index (κ1) is 12.1. The fraction of sp³-hybridized carbons (Fsp3) is 0.600. The van der Waals surface area contributed by atoms with Crippen molar-refractivity contribution < 1.29 is 4.39 Å². The van der Waals surface area contributed by atoms with Gasteiger partial charge in [0.1, 0.15) is 5.82 Å². The van der Waals surface area contributed by atoms with Crippen molar-refractivity contribution in [3.05, 3.63) is 35.6 Å². The lowest BCUT2D eigenvalue weighted by molar-refractivity contribution is 0.0200. The Labute approximate surface area is 108 Å². The molecule has 18 heavy (non-hydrogen) atoms. The van der Waals surface area contributed by atoms with Crippen LogP contribution in [-0.4, -0.2) is 23.0 Å². The molecule has 0 aromatic heterocycles. The minimum absolute atomic E-state index is 0.158. The molecule has 1 aromatic rings. The standard InChI is InChI=1S/C15H21FN2/c16-12-6-4-11(5-7-12)10-18-13-2-1-3-15(18)14(17)9-8-13/h4-7,13-15H,1-3,8-10,17H2. The van der Waals surface area contributed by atoms with Gasteiger partial charge in [0.05, 0.1) is 0 Å². The monoisotopic (exact) mass is 248 g/mol. The Balaban J connectivity index is 1.76. The van der Waals surface area contributed by atoms with Gasteiger partial charge in [0.15, 0.2) is 0 Å². The van der Waals surface area contributed by atoms with Crippen LogP contribution in [0.2, 0.25) is 0 Å². The molecular formula is C15H21FN2. The number of hydrogen-bond donors (Lipinski definition) is 1. The molecule has 3 heteroatoms. The highest BCUT2D eigenvalue weighted by Crippen LogP contribution is 2.34. The third kappa shape index (κ3) is 2.29. The van der Waals surface area contributed by atoms with E-state index in [2.05, 4.69) is 4.90 Å². The summed E-state index contributed by atoms with van der Waals surface area (Å²) in [6.07, 6.45) is 6.21. The lowest BCUT2D eigenvalue weighted by Crippen LogP contribution is -2.58. The molecule has 2 heterocycles. The smallest absolute Gasteiger partial charge is 0.123 e. The zero-order valence-corrected chi connectivity index (χ0v) is 10.7. The minimum atomic E-state index is -0.158. The van der Waals surface area contributed by atoms with Crippen molar-refractivity contribution in [1.29, 1.82) is 0 Å². The van der Waals surface area contributed by atoms with Gasteiger partial charge in [-0.3, -0.25) is 4.90 Å². The summed E-state index contributed by atoms with van der Waals surface area (Å²) in [6, 6.07) is 8.43. The molecule has 0 aliphatic carbocycles. The molecule has 2 nitrogen and oxygen atoms in total. The molecule has 2 N–H and O–H groups in total. The Morgan fingerprint density at radius 2 is 1.89 bits per heavy atom. The second-order valence-electron chi connectivity index (χ2n) is 5.69. The number of rotatable bonds is 2. The molecule has 3 atom stereocenters. The largest absolute Gasteiger partial charge is 0.326 e.